The van der Waals surface area contributed by atoms with E-state index in [1.54, 1.807) is 0 Å². The molecule has 0 N–H and O–H groups in total. The third kappa shape index (κ3) is 4.87. The van der Waals surface area contributed by atoms with Crippen LogP contribution >= 0.6 is 0 Å². The number of esters is 2. The smallest absolute Gasteiger partial charge is 0.312 e. The third-order valence-corrected chi connectivity index (χ3v) is 9.91. The summed E-state index contributed by atoms with van der Waals surface area (Å²) in [5.41, 5.74) is -0.579. The van der Waals surface area contributed by atoms with Gasteiger partial charge in [0.15, 0.2) is 0 Å². The van der Waals surface area contributed by atoms with E-state index >= 15 is 0 Å². The first-order valence-electron chi connectivity index (χ1n) is 14.2. The maximum absolute atomic E-state index is 13.5. The molecular weight excluding hydrogens is 412 g/mol. The molecule has 0 amide bonds. The minimum atomic E-state index is -0.332. The van der Waals surface area contributed by atoms with Crippen LogP contribution in [0.3, 0.4) is 0 Å². The van der Waals surface area contributed by atoms with Crippen molar-refractivity contribution in [2.24, 2.45) is 40.9 Å². The molecule has 33 heavy (non-hydrogen) atoms. The van der Waals surface area contributed by atoms with Crippen LogP contribution < -0.4 is 0 Å². The van der Waals surface area contributed by atoms with Gasteiger partial charge in [-0.15, -0.1) is 0 Å². The molecule has 4 aliphatic rings. The standard InChI is InChI=1S/C29H48O4/c1-6-13-29(7-2,18-19(3)4)27(31)32-24-17-20-16-23(24)21-11-12-22(25(20)21)26(30)33-28(5)14-9-8-10-15-28/h19-25H,6-18H2,1-5H3. The lowest BCUT2D eigenvalue weighted by molar-refractivity contribution is -0.172. The fourth-order valence-corrected chi connectivity index (χ4v) is 8.47. The van der Waals surface area contributed by atoms with E-state index in [0.29, 0.717) is 29.6 Å². The summed E-state index contributed by atoms with van der Waals surface area (Å²) in [6, 6.07) is 0. The molecule has 2 bridgehead atoms. The van der Waals surface area contributed by atoms with Crippen LogP contribution in [0.2, 0.25) is 0 Å². The Morgan fingerprint density at radius 3 is 2.39 bits per heavy atom. The Morgan fingerprint density at radius 1 is 1.03 bits per heavy atom. The molecule has 4 nitrogen and oxygen atoms in total. The third-order valence-electron chi connectivity index (χ3n) is 9.91. The second-order valence-electron chi connectivity index (χ2n) is 12.7. The van der Waals surface area contributed by atoms with E-state index in [-0.39, 0.29) is 35.0 Å². The second kappa shape index (κ2) is 9.90. The monoisotopic (exact) mass is 460 g/mol. The van der Waals surface area contributed by atoms with Crippen molar-refractivity contribution in [3.63, 3.8) is 0 Å². The first-order chi connectivity index (χ1) is 15.7. The Kier molecular flexibility index (Phi) is 7.51. The molecule has 0 aromatic heterocycles. The summed E-state index contributed by atoms with van der Waals surface area (Å²) in [5.74, 6) is 2.62. The van der Waals surface area contributed by atoms with Crippen LogP contribution in [0.1, 0.15) is 118 Å². The van der Waals surface area contributed by atoms with E-state index < -0.39 is 0 Å². The molecular formula is C29H48O4. The summed E-state index contributed by atoms with van der Waals surface area (Å²) < 4.78 is 12.5. The highest BCUT2D eigenvalue weighted by Crippen LogP contribution is 2.62. The number of carbonyl (C=O) groups is 2. The highest BCUT2D eigenvalue weighted by Gasteiger charge is 2.60. The van der Waals surface area contributed by atoms with Crippen LogP contribution in [0, 0.1) is 40.9 Å². The van der Waals surface area contributed by atoms with E-state index in [9.17, 15) is 9.59 Å². The van der Waals surface area contributed by atoms with Crippen LogP contribution in [0.4, 0.5) is 0 Å². The Hall–Kier alpha value is -1.06. The summed E-state index contributed by atoms with van der Waals surface area (Å²) in [5, 5.41) is 0. The average Bonchev–Trinajstić information content (AvgIpc) is 3.45. The van der Waals surface area contributed by atoms with Crippen molar-refractivity contribution in [2.45, 2.75) is 130 Å². The van der Waals surface area contributed by atoms with Crippen molar-refractivity contribution in [3.05, 3.63) is 0 Å². The summed E-state index contributed by atoms with van der Waals surface area (Å²) in [7, 11) is 0. The molecule has 0 saturated heterocycles. The topological polar surface area (TPSA) is 52.6 Å². The zero-order valence-electron chi connectivity index (χ0n) is 21.9. The van der Waals surface area contributed by atoms with E-state index in [2.05, 4.69) is 34.6 Å². The molecule has 0 aromatic rings. The van der Waals surface area contributed by atoms with E-state index in [1.807, 2.05) is 0 Å². The lowest BCUT2D eigenvalue weighted by Gasteiger charge is -2.38. The van der Waals surface area contributed by atoms with Crippen LogP contribution in [0.15, 0.2) is 0 Å². The SMILES string of the molecule is CCCC(CC)(CC(C)C)C(=O)OC1CC2CC1C1CCC(C(=O)OC3(C)CCCCC3)C21. The molecule has 7 atom stereocenters. The molecule has 188 valence electrons. The van der Waals surface area contributed by atoms with Crippen molar-refractivity contribution in [1.82, 2.24) is 0 Å². The maximum atomic E-state index is 13.5. The van der Waals surface area contributed by atoms with Crippen LogP contribution in [0.25, 0.3) is 0 Å². The van der Waals surface area contributed by atoms with E-state index in [0.717, 1.165) is 64.2 Å². The molecule has 4 fully saturated rings. The summed E-state index contributed by atoms with van der Waals surface area (Å²) in [6.07, 6.45) is 13.5. The van der Waals surface area contributed by atoms with Gasteiger partial charge in [0.25, 0.3) is 0 Å². The second-order valence-corrected chi connectivity index (χ2v) is 12.7. The van der Waals surface area contributed by atoms with E-state index in [4.69, 9.17) is 9.47 Å². The van der Waals surface area contributed by atoms with Gasteiger partial charge in [0.05, 0.1) is 11.3 Å². The zero-order valence-corrected chi connectivity index (χ0v) is 21.9. The average molecular weight is 461 g/mol. The largest absolute Gasteiger partial charge is 0.462 e. The molecule has 0 aromatic carbocycles. The number of hydrogen-bond donors (Lipinski definition) is 0. The van der Waals surface area contributed by atoms with Gasteiger partial charge in [-0.05, 0) is 107 Å². The summed E-state index contributed by atoms with van der Waals surface area (Å²) >= 11 is 0. The van der Waals surface area contributed by atoms with Gasteiger partial charge in [-0.25, -0.2) is 0 Å². The predicted molar refractivity (Wildman–Crippen MR) is 130 cm³/mol. The quantitative estimate of drug-likeness (QED) is 0.345. The van der Waals surface area contributed by atoms with Crippen molar-refractivity contribution in [2.75, 3.05) is 0 Å². The van der Waals surface area contributed by atoms with Crippen molar-refractivity contribution in [3.8, 4) is 0 Å². The van der Waals surface area contributed by atoms with Gasteiger partial charge < -0.3 is 9.47 Å². The molecule has 0 spiro atoms. The van der Waals surface area contributed by atoms with Crippen LogP contribution in [-0.2, 0) is 19.1 Å². The molecule has 0 heterocycles. The van der Waals surface area contributed by atoms with Crippen LogP contribution in [-0.4, -0.2) is 23.6 Å². The first-order valence-corrected chi connectivity index (χ1v) is 14.2. The molecule has 4 heteroatoms. The fraction of sp³-hybridized carbons (Fsp3) is 0.931. The molecule has 4 aliphatic carbocycles. The van der Waals surface area contributed by atoms with Gasteiger partial charge in [-0.3, -0.25) is 9.59 Å². The zero-order chi connectivity index (χ0) is 23.8. The van der Waals surface area contributed by atoms with Crippen molar-refractivity contribution >= 4 is 11.9 Å². The fourth-order valence-electron chi connectivity index (χ4n) is 8.47. The predicted octanol–water partition coefficient (Wildman–Crippen LogP) is 7.09. The van der Waals surface area contributed by atoms with Crippen LogP contribution in [0.5, 0.6) is 0 Å². The maximum Gasteiger partial charge on any atom is 0.312 e. The minimum Gasteiger partial charge on any atom is -0.462 e. The Bertz CT molecular complexity index is 708. The number of hydrogen-bond acceptors (Lipinski definition) is 4. The summed E-state index contributed by atoms with van der Waals surface area (Å²) in [6.45, 7) is 10.9. The van der Waals surface area contributed by atoms with Gasteiger partial charge in [0.2, 0.25) is 0 Å². The Balaban J connectivity index is 1.38. The number of rotatable bonds is 9. The number of ether oxygens (including phenoxy) is 2. The molecule has 0 radical (unpaired) electrons. The highest BCUT2D eigenvalue weighted by molar-refractivity contribution is 5.77. The molecule has 0 aliphatic heterocycles. The molecule has 7 unspecified atom stereocenters. The van der Waals surface area contributed by atoms with Gasteiger partial charge >= 0.3 is 11.9 Å². The normalized spacial score (nSPS) is 36.4. The van der Waals surface area contributed by atoms with Crippen molar-refractivity contribution in [1.29, 1.82) is 0 Å². The number of fused-ring (bicyclic) bond motifs is 5. The van der Waals surface area contributed by atoms with Crippen molar-refractivity contribution < 1.29 is 19.1 Å². The lowest BCUT2D eigenvalue weighted by Crippen LogP contribution is -2.41. The Labute approximate surface area is 201 Å². The number of carbonyl (C=O) groups excluding carboxylic acids is 2. The van der Waals surface area contributed by atoms with Gasteiger partial charge in [-0.2, -0.15) is 0 Å². The Morgan fingerprint density at radius 2 is 1.76 bits per heavy atom. The minimum absolute atomic E-state index is 0.0498. The lowest BCUT2D eigenvalue weighted by atomic mass is 9.74. The molecule has 4 rings (SSSR count). The summed E-state index contributed by atoms with van der Waals surface area (Å²) in [4.78, 5) is 26.7. The molecule has 4 saturated carbocycles. The van der Waals surface area contributed by atoms with Gasteiger partial charge in [-0.1, -0.05) is 40.5 Å². The van der Waals surface area contributed by atoms with E-state index in [1.165, 1.54) is 19.3 Å². The highest BCUT2D eigenvalue weighted by atomic mass is 16.6. The van der Waals surface area contributed by atoms with Gasteiger partial charge in [0, 0.05) is 0 Å². The van der Waals surface area contributed by atoms with Gasteiger partial charge in [0.1, 0.15) is 11.7 Å². The first kappa shape index (κ1) is 25.0.